The van der Waals surface area contributed by atoms with Gasteiger partial charge in [0.25, 0.3) is 0 Å². The van der Waals surface area contributed by atoms with Crippen molar-refractivity contribution in [2.45, 2.75) is 13.8 Å². The second-order valence-corrected chi connectivity index (χ2v) is 6.84. The van der Waals surface area contributed by atoms with Crippen molar-refractivity contribution in [2.24, 2.45) is 5.92 Å². The molecule has 1 aromatic rings. The van der Waals surface area contributed by atoms with Crippen molar-refractivity contribution in [1.82, 2.24) is 15.1 Å². The lowest BCUT2D eigenvalue weighted by Gasteiger charge is -2.35. The fourth-order valence-electron chi connectivity index (χ4n) is 2.64. The molecule has 138 valence electrons. The van der Waals surface area contributed by atoms with Crippen LogP contribution in [0.2, 0.25) is 5.02 Å². The van der Waals surface area contributed by atoms with Crippen LogP contribution in [0, 0.1) is 5.92 Å². The first-order chi connectivity index (χ1) is 12.0. The van der Waals surface area contributed by atoms with E-state index in [1.54, 1.807) is 24.3 Å². The van der Waals surface area contributed by atoms with Crippen LogP contribution in [0.4, 0.5) is 0 Å². The van der Waals surface area contributed by atoms with E-state index in [1.165, 1.54) is 0 Å². The highest BCUT2D eigenvalue weighted by Crippen LogP contribution is 2.15. The van der Waals surface area contributed by atoms with E-state index in [9.17, 15) is 9.59 Å². The number of nitrogens with zero attached hydrogens (tertiary/aromatic N) is 2. The Labute approximate surface area is 154 Å². The third-order valence-electron chi connectivity index (χ3n) is 4.05. The third kappa shape index (κ3) is 6.55. The van der Waals surface area contributed by atoms with Crippen LogP contribution in [0.15, 0.2) is 24.3 Å². The first-order valence-electron chi connectivity index (χ1n) is 8.62. The first-order valence-corrected chi connectivity index (χ1v) is 8.99. The molecule has 1 N–H and O–H groups in total. The van der Waals surface area contributed by atoms with Crippen molar-refractivity contribution in [1.29, 1.82) is 0 Å². The van der Waals surface area contributed by atoms with Gasteiger partial charge in [0.1, 0.15) is 12.4 Å². The molecule has 7 heteroatoms. The SMILES string of the molecule is CC(C)C(=O)N1CCN(CC(=O)NCCOc2ccc(Cl)cc2)CC1. The molecule has 0 bridgehead atoms. The number of hydrogen-bond acceptors (Lipinski definition) is 4. The zero-order chi connectivity index (χ0) is 18.2. The van der Waals surface area contributed by atoms with Gasteiger partial charge in [-0.15, -0.1) is 0 Å². The van der Waals surface area contributed by atoms with Crippen molar-refractivity contribution in [3.05, 3.63) is 29.3 Å². The Balaban J connectivity index is 1.60. The maximum absolute atomic E-state index is 12.0. The van der Waals surface area contributed by atoms with Gasteiger partial charge >= 0.3 is 0 Å². The highest BCUT2D eigenvalue weighted by molar-refractivity contribution is 6.30. The number of ether oxygens (including phenoxy) is 1. The lowest BCUT2D eigenvalue weighted by molar-refractivity contribution is -0.136. The molecule has 0 unspecified atom stereocenters. The number of amides is 2. The Kier molecular flexibility index (Phi) is 7.52. The van der Waals surface area contributed by atoms with Gasteiger partial charge in [0.05, 0.1) is 13.1 Å². The van der Waals surface area contributed by atoms with E-state index in [4.69, 9.17) is 16.3 Å². The average molecular weight is 368 g/mol. The average Bonchev–Trinajstić information content (AvgIpc) is 2.60. The number of carbonyl (C=O) groups excluding carboxylic acids is 2. The number of benzene rings is 1. The van der Waals surface area contributed by atoms with Crippen molar-refractivity contribution in [3.8, 4) is 5.75 Å². The van der Waals surface area contributed by atoms with Crippen molar-refractivity contribution >= 4 is 23.4 Å². The molecule has 1 aliphatic rings. The van der Waals surface area contributed by atoms with Crippen molar-refractivity contribution in [3.63, 3.8) is 0 Å². The number of piperazine rings is 1. The molecule has 0 radical (unpaired) electrons. The lowest BCUT2D eigenvalue weighted by Crippen LogP contribution is -2.52. The maximum atomic E-state index is 12.0. The fraction of sp³-hybridized carbons (Fsp3) is 0.556. The second-order valence-electron chi connectivity index (χ2n) is 6.41. The Morgan fingerprint density at radius 3 is 2.40 bits per heavy atom. The number of halogens is 1. The Bertz CT molecular complexity index is 569. The molecule has 6 nitrogen and oxygen atoms in total. The van der Waals surface area contributed by atoms with Crippen LogP contribution in [0.5, 0.6) is 5.75 Å². The summed E-state index contributed by atoms with van der Waals surface area (Å²) in [6, 6.07) is 7.11. The molecule has 25 heavy (non-hydrogen) atoms. The molecule has 2 rings (SSSR count). The Morgan fingerprint density at radius 2 is 1.80 bits per heavy atom. The Hall–Kier alpha value is -1.79. The zero-order valence-corrected chi connectivity index (χ0v) is 15.6. The minimum Gasteiger partial charge on any atom is -0.492 e. The summed E-state index contributed by atoms with van der Waals surface area (Å²) in [4.78, 5) is 27.9. The van der Waals surface area contributed by atoms with E-state index in [1.807, 2.05) is 18.7 Å². The molecule has 1 saturated heterocycles. The van der Waals surface area contributed by atoms with Crippen LogP contribution in [0.3, 0.4) is 0 Å². The van der Waals surface area contributed by atoms with Gasteiger partial charge in [0.15, 0.2) is 0 Å². The summed E-state index contributed by atoms with van der Waals surface area (Å²) in [5, 5.41) is 3.51. The molecule has 0 spiro atoms. The summed E-state index contributed by atoms with van der Waals surface area (Å²) in [5.41, 5.74) is 0. The van der Waals surface area contributed by atoms with E-state index < -0.39 is 0 Å². The normalized spacial score (nSPS) is 15.3. The van der Waals surface area contributed by atoms with Gasteiger partial charge < -0.3 is 15.0 Å². The predicted octanol–water partition coefficient (Wildman–Crippen LogP) is 1.64. The monoisotopic (exact) mass is 367 g/mol. The van der Waals surface area contributed by atoms with Gasteiger partial charge in [-0.1, -0.05) is 25.4 Å². The van der Waals surface area contributed by atoms with Gasteiger partial charge in [0, 0.05) is 37.1 Å². The maximum Gasteiger partial charge on any atom is 0.234 e. The zero-order valence-electron chi connectivity index (χ0n) is 14.8. The van der Waals surface area contributed by atoms with Crippen LogP contribution >= 0.6 is 11.6 Å². The largest absolute Gasteiger partial charge is 0.492 e. The molecule has 0 saturated carbocycles. The second kappa shape index (κ2) is 9.63. The fourth-order valence-corrected chi connectivity index (χ4v) is 2.77. The third-order valence-corrected chi connectivity index (χ3v) is 4.30. The van der Waals surface area contributed by atoms with Gasteiger partial charge in [-0.3, -0.25) is 14.5 Å². The van der Waals surface area contributed by atoms with Gasteiger partial charge in [-0.2, -0.15) is 0 Å². The highest BCUT2D eigenvalue weighted by atomic mass is 35.5. The highest BCUT2D eigenvalue weighted by Gasteiger charge is 2.23. The van der Waals surface area contributed by atoms with E-state index in [2.05, 4.69) is 10.2 Å². The number of carbonyl (C=O) groups is 2. The van der Waals surface area contributed by atoms with Crippen LogP contribution in [0.25, 0.3) is 0 Å². The topological polar surface area (TPSA) is 61.9 Å². The van der Waals surface area contributed by atoms with Crippen LogP contribution in [-0.4, -0.2) is 67.5 Å². The van der Waals surface area contributed by atoms with Gasteiger partial charge in [0.2, 0.25) is 11.8 Å². The quantitative estimate of drug-likeness (QED) is 0.744. The molecule has 2 amide bonds. The molecule has 1 heterocycles. The standard InChI is InChI=1S/C18H26ClN3O3/c1-14(2)18(24)22-10-8-21(9-11-22)13-17(23)20-7-12-25-16-5-3-15(19)4-6-16/h3-6,14H,7-13H2,1-2H3,(H,20,23). The molecule has 1 fully saturated rings. The minimum absolute atomic E-state index is 0.0236. The van der Waals surface area contributed by atoms with E-state index >= 15 is 0 Å². The van der Waals surface area contributed by atoms with Crippen molar-refractivity contribution in [2.75, 3.05) is 45.9 Å². The van der Waals surface area contributed by atoms with E-state index in [0.717, 1.165) is 18.8 Å². The summed E-state index contributed by atoms with van der Waals surface area (Å²) in [5.74, 6) is 0.909. The predicted molar refractivity (Wildman–Crippen MR) is 97.8 cm³/mol. The van der Waals surface area contributed by atoms with Crippen molar-refractivity contribution < 1.29 is 14.3 Å². The molecule has 1 aliphatic heterocycles. The summed E-state index contributed by atoms with van der Waals surface area (Å²) in [6.45, 7) is 7.86. The van der Waals surface area contributed by atoms with Crippen LogP contribution in [0.1, 0.15) is 13.8 Å². The number of rotatable bonds is 7. The number of hydrogen-bond donors (Lipinski definition) is 1. The molecule has 1 aromatic carbocycles. The summed E-state index contributed by atoms with van der Waals surface area (Å²) in [7, 11) is 0. The number of nitrogens with one attached hydrogen (secondary N) is 1. The molecular weight excluding hydrogens is 342 g/mol. The first kappa shape index (κ1) is 19.5. The lowest BCUT2D eigenvalue weighted by atomic mass is 10.1. The Morgan fingerprint density at radius 1 is 1.16 bits per heavy atom. The van der Waals surface area contributed by atoms with E-state index in [0.29, 0.717) is 37.8 Å². The summed E-state index contributed by atoms with van der Waals surface area (Å²) < 4.78 is 5.53. The van der Waals surface area contributed by atoms with E-state index in [-0.39, 0.29) is 17.7 Å². The molecular formula is C18H26ClN3O3. The molecule has 0 aliphatic carbocycles. The summed E-state index contributed by atoms with van der Waals surface area (Å²) in [6.07, 6.45) is 0. The molecule has 0 atom stereocenters. The van der Waals surface area contributed by atoms with Gasteiger partial charge in [-0.25, -0.2) is 0 Å². The van der Waals surface area contributed by atoms with Gasteiger partial charge in [-0.05, 0) is 24.3 Å². The summed E-state index contributed by atoms with van der Waals surface area (Å²) >= 11 is 5.81. The molecule has 0 aromatic heterocycles. The van der Waals surface area contributed by atoms with Crippen LogP contribution in [-0.2, 0) is 9.59 Å². The van der Waals surface area contributed by atoms with Crippen LogP contribution < -0.4 is 10.1 Å². The minimum atomic E-state index is -0.0247. The smallest absolute Gasteiger partial charge is 0.234 e.